The van der Waals surface area contributed by atoms with Gasteiger partial charge in [0.05, 0.1) is 6.54 Å². The maximum absolute atomic E-state index is 4.78. The second-order valence-electron chi connectivity index (χ2n) is 7.90. The summed E-state index contributed by atoms with van der Waals surface area (Å²) in [5.41, 5.74) is 1.16. The molecule has 0 aromatic carbocycles. The number of piperidine rings is 1. The lowest BCUT2D eigenvalue weighted by Crippen LogP contribution is -2.42. The number of thioether (sulfide) groups is 1. The Morgan fingerprint density at radius 3 is 2.64 bits per heavy atom. The maximum Gasteiger partial charge on any atom is 0.191 e. The van der Waals surface area contributed by atoms with Crippen LogP contribution in [0.2, 0.25) is 0 Å². The van der Waals surface area contributed by atoms with Crippen LogP contribution in [0.3, 0.4) is 0 Å². The van der Waals surface area contributed by atoms with Gasteiger partial charge in [0, 0.05) is 37.1 Å². The summed E-state index contributed by atoms with van der Waals surface area (Å²) in [6.07, 6.45) is 10.5. The predicted molar refractivity (Wildman–Crippen MR) is 133 cm³/mol. The number of halogens is 1. The quantitative estimate of drug-likeness (QED) is 0.335. The molecule has 2 atom stereocenters. The second-order valence-corrected chi connectivity index (χ2v) is 9.04. The number of guanidine groups is 1. The van der Waals surface area contributed by atoms with Crippen molar-refractivity contribution in [1.29, 1.82) is 0 Å². The fourth-order valence-corrected chi connectivity index (χ4v) is 4.70. The molecule has 0 amide bonds. The van der Waals surface area contributed by atoms with E-state index in [0.29, 0.717) is 12.6 Å². The zero-order valence-electron chi connectivity index (χ0n) is 17.5. The van der Waals surface area contributed by atoms with E-state index < -0.39 is 0 Å². The summed E-state index contributed by atoms with van der Waals surface area (Å²) in [7, 11) is 0. The van der Waals surface area contributed by atoms with E-state index in [1.807, 2.05) is 18.0 Å². The van der Waals surface area contributed by atoms with E-state index in [2.05, 4.69) is 52.8 Å². The van der Waals surface area contributed by atoms with E-state index in [4.69, 9.17) is 4.99 Å². The minimum Gasteiger partial charge on any atom is -0.357 e. The van der Waals surface area contributed by atoms with Crippen LogP contribution in [0, 0.1) is 5.92 Å². The molecule has 7 heteroatoms. The summed E-state index contributed by atoms with van der Waals surface area (Å²) < 4.78 is 0. The molecule has 1 aliphatic heterocycles. The third kappa shape index (κ3) is 6.97. The summed E-state index contributed by atoms with van der Waals surface area (Å²) in [6, 6.07) is 4.87. The van der Waals surface area contributed by atoms with Crippen molar-refractivity contribution in [1.82, 2.24) is 15.6 Å². The van der Waals surface area contributed by atoms with Gasteiger partial charge in [0.25, 0.3) is 0 Å². The highest BCUT2D eigenvalue weighted by Crippen LogP contribution is 2.28. The van der Waals surface area contributed by atoms with Crippen LogP contribution in [0.4, 0.5) is 5.82 Å². The van der Waals surface area contributed by atoms with Crippen LogP contribution < -0.4 is 15.5 Å². The molecule has 158 valence electrons. The van der Waals surface area contributed by atoms with E-state index in [0.717, 1.165) is 48.1 Å². The van der Waals surface area contributed by atoms with Gasteiger partial charge >= 0.3 is 0 Å². The van der Waals surface area contributed by atoms with E-state index in [1.165, 1.54) is 32.1 Å². The Hall–Kier alpha value is -0.700. The van der Waals surface area contributed by atoms with Crippen molar-refractivity contribution in [2.45, 2.75) is 63.8 Å². The molecule has 1 saturated carbocycles. The van der Waals surface area contributed by atoms with E-state index in [9.17, 15) is 0 Å². The predicted octanol–water partition coefficient (Wildman–Crippen LogP) is 4.28. The van der Waals surface area contributed by atoms with Crippen LogP contribution in [0.25, 0.3) is 0 Å². The van der Waals surface area contributed by atoms with E-state index in [-0.39, 0.29) is 24.0 Å². The molecule has 28 heavy (non-hydrogen) atoms. The van der Waals surface area contributed by atoms with Crippen molar-refractivity contribution in [3.05, 3.63) is 23.9 Å². The molecular weight excluding hydrogens is 481 g/mol. The normalized spacial score (nSPS) is 23.4. The van der Waals surface area contributed by atoms with Gasteiger partial charge in [-0.1, -0.05) is 13.0 Å². The van der Waals surface area contributed by atoms with Gasteiger partial charge in [-0.25, -0.2) is 9.98 Å². The van der Waals surface area contributed by atoms with Gasteiger partial charge in [0.2, 0.25) is 0 Å². The first-order valence-electron chi connectivity index (χ1n) is 10.5. The molecule has 2 aliphatic rings. The third-order valence-corrected chi connectivity index (χ3v) is 6.83. The zero-order valence-corrected chi connectivity index (χ0v) is 20.6. The van der Waals surface area contributed by atoms with Crippen LogP contribution >= 0.6 is 35.7 Å². The van der Waals surface area contributed by atoms with Crippen LogP contribution in [0.15, 0.2) is 23.3 Å². The van der Waals surface area contributed by atoms with Gasteiger partial charge in [-0.15, -0.1) is 24.0 Å². The highest BCUT2D eigenvalue weighted by Gasteiger charge is 2.24. The Bertz CT molecular complexity index is 601. The number of anilines is 1. The lowest BCUT2D eigenvalue weighted by molar-refractivity contribution is 0.436. The lowest BCUT2D eigenvalue weighted by atomic mass is 9.99. The fourth-order valence-electron chi connectivity index (χ4n) is 3.90. The Labute approximate surface area is 192 Å². The fraction of sp³-hybridized carbons (Fsp3) is 0.714. The van der Waals surface area contributed by atoms with Crippen molar-refractivity contribution >= 4 is 47.5 Å². The number of rotatable bonds is 6. The third-order valence-electron chi connectivity index (χ3n) is 5.74. The summed E-state index contributed by atoms with van der Waals surface area (Å²) in [6.45, 7) is 8.26. The average molecular weight is 518 g/mol. The molecule has 3 rings (SSSR count). The minimum atomic E-state index is 0. The summed E-state index contributed by atoms with van der Waals surface area (Å²) >= 11 is 1.99. The van der Waals surface area contributed by atoms with Gasteiger partial charge in [-0.05, 0) is 62.8 Å². The average Bonchev–Trinajstić information content (AvgIpc) is 3.15. The highest BCUT2D eigenvalue weighted by molar-refractivity contribution is 14.0. The van der Waals surface area contributed by atoms with E-state index >= 15 is 0 Å². The SMILES string of the molecule is CCNC(=NCc1ccc(N2CCC(C)CC2)nc1)NC1CCC(SC)C1.I. The van der Waals surface area contributed by atoms with Crippen molar-refractivity contribution in [3.8, 4) is 0 Å². The first kappa shape index (κ1) is 23.6. The van der Waals surface area contributed by atoms with Gasteiger partial charge in [0.15, 0.2) is 5.96 Å². The largest absolute Gasteiger partial charge is 0.357 e. The van der Waals surface area contributed by atoms with Gasteiger partial charge < -0.3 is 15.5 Å². The molecule has 1 aromatic rings. The van der Waals surface area contributed by atoms with Crippen molar-refractivity contribution < 1.29 is 0 Å². The summed E-state index contributed by atoms with van der Waals surface area (Å²) in [5, 5.41) is 7.79. The Kier molecular flexibility index (Phi) is 10.2. The monoisotopic (exact) mass is 517 g/mol. The lowest BCUT2D eigenvalue weighted by Gasteiger charge is -2.31. The van der Waals surface area contributed by atoms with Crippen molar-refractivity contribution in [3.63, 3.8) is 0 Å². The molecule has 2 unspecified atom stereocenters. The molecule has 0 radical (unpaired) electrons. The number of nitrogens with zero attached hydrogens (tertiary/aromatic N) is 3. The number of hydrogen-bond donors (Lipinski definition) is 2. The van der Waals surface area contributed by atoms with Crippen molar-refractivity contribution in [2.75, 3.05) is 30.8 Å². The number of aromatic nitrogens is 1. The molecule has 1 saturated heterocycles. The van der Waals surface area contributed by atoms with E-state index in [1.54, 1.807) is 0 Å². The van der Waals surface area contributed by atoms with Gasteiger partial charge in [-0.3, -0.25) is 0 Å². The van der Waals surface area contributed by atoms with Crippen LogP contribution in [-0.4, -0.2) is 48.1 Å². The van der Waals surface area contributed by atoms with Crippen LogP contribution in [0.5, 0.6) is 0 Å². The summed E-state index contributed by atoms with van der Waals surface area (Å²) in [5.74, 6) is 2.88. The molecule has 1 aliphatic carbocycles. The smallest absolute Gasteiger partial charge is 0.191 e. The molecule has 2 heterocycles. The molecule has 0 bridgehead atoms. The number of nitrogens with one attached hydrogen (secondary N) is 2. The molecule has 2 N–H and O–H groups in total. The molecule has 1 aromatic heterocycles. The number of pyridine rings is 1. The number of hydrogen-bond acceptors (Lipinski definition) is 4. The molecule has 2 fully saturated rings. The van der Waals surface area contributed by atoms with Crippen LogP contribution in [-0.2, 0) is 6.54 Å². The highest BCUT2D eigenvalue weighted by atomic mass is 127. The minimum absolute atomic E-state index is 0. The Balaban J connectivity index is 0.00000280. The number of aliphatic imine (C=N–C) groups is 1. The Morgan fingerprint density at radius 2 is 2.04 bits per heavy atom. The van der Waals surface area contributed by atoms with Crippen molar-refractivity contribution in [2.24, 2.45) is 10.9 Å². The second kappa shape index (κ2) is 12.1. The Morgan fingerprint density at radius 1 is 1.25 bits per heavy atom. The van der Waals surface area contributed by atoms with Gasteiger partial charge in [-0.2, -0.15) is 11.8 Å². The standard InChI is InChI=1S/C21H35N5S.HI/c1-4-22-21(25-18-6-7-19(13-18)27-3)24-15-17-5-8-20(23-14-17)26-11-9-16(2)10-12-26;/h5,8,14,16,18-19H,4,6-7,9-13,15H2,1-3H3,(H2,22,24,25);1H. The first-order valence-corrected chi connectivity index (χ1v) is 11.7. The molecule has 0 spiro atoms. The van der Waals surface area contributed by atoms with Gasteiger partial charge in [0.1, 0.15) is 5.82 Å². The first-order chi connectivity index (χ1) is 13.2. The molecular formula is C21H36IN5S. The zero-order chi connectivity index (χ0) is 19.1. The maximum atomic E-state index is 4.78. The molecule has 5 nitrogen and oxygen atoms in total. The van der Waals surface area contributed by atoms with Crippen LogP contribution in [0.1, 0.15) is 51.5 Å². The topological polar surface area (TPSA) is 52.6 Å². The summed E-state index contributed by atoms with van der Waals surface area (Å²) in [4.78, 5) is 11.9.